The number of carbonyl (C=O) groups is 1. The number of halogens is 1. The van der Waals surface area contributed by atoms with E-state index in [0.717, 1.165) is 30.4 Å². The SMILES string of the molecule is CC[C@@H](CNC(=O)c1cncc(Br)c1)N1CCc2ccccc2C1. The number of hydrogen-bond donors (Lipinski definition) is 1. The molecule has 0 spiro atoms. The molecule has 0 bridgehead atoms. The van der Waals surface area contributed by atoms with Crippen LogP contribution in [-0.2, 0) is 13.0 Å². The lowest BCUT2D eigenvalue weighted by molar-refractivity contribution is 0.0926. The monoisotopic (exact) mass is 387 g/mol. The van der Waals surface area contributed by atoms with Gasteiger partial charge in [-0.15, -0.1) is 0 Å². The summed E-state index contributed by atoms with van der Waals surface area (Å²) >= 11 is 3.35. The van der Waals surface area contributed by atoms with E-state index in [9.17, 15) is 4.79 Å². The molecule has 3 rings (SSSR count). The minimum atomic E-state index is -0.0698. The first-order chi connectivity index (χ1) is 11.7. The zero-order valence-electron chi connectivity index (χ0n) is 13.8. The van der Waals surface area contributed by atoms with Crippen LogP contribution in [-0.4, -0.2) is 34.9 Å². The molecular formula is C19H22BrN3O. The fourth-order valence-electron chi connectivity index (χ4n) is 3.21. The zero-order chi connectivity index (χ0) is 16.9. The molecule has 5 heteroatoms. The maximum atomic E-state index is 12.3. The third kappa shape index (κ3) is 4.02. The number of nitrogens with zero attached hydrogens (tertiary/aromatic N) is 2. The molecule has 0 fully saturated rings. The van der Waals surface area contributed by atoms with Crippen LogP contribution in [0.4, 0.5) is 0 Å². The van der Waals surface area contributed by atoms with Crippen LogP contribution in [0.5, 0.6) is 0 Å². The molecule has 0 radical (unpaired) electrons. The Morgan fingerprint density at radius 1 is 1.33 bits per heavy atom. The number of fused-ring (bicyclic) bond motifs is 1. The fourth-order valence-corrected chi connectivity index (χ4v) is 3.57. The van der Waals surface area contributed by atoms with E-state index in [-0.39, 0.29) is 5.91 Å². The van der Waals surface area contributed by atoms with Crippen molar-refractivity contribution in [3.05, 3.63) is 63.9 Å². The molecule has 1 aliphatic rings. The van der Waals surface area contributed by atoms with Gasteiger partial charge in [0, 0.05) is 42.5 Å². The van der Waals surface area contributed by atoms with E-state index in [1.807, 2.05) is 0 Å². The minimum absolute atomic E-state index is 0.0698. The second kappa shape index (κ2) is 7.90. The third-order valence-electron chi connectivity index (χ3n) is 4.61. The lowest BCUT2D eigenvalue weighted by Gasteiger charge is -2.35. The summed E-state index contributed by atoms with van der Waals surface area (Å²) < 4.78 is 0.815. The fraction of sp³-hybridized carbons (Fsp3) is 0.368. The van der Waals surface area contributed by atoms with Gasteiger partial charge >= 0.3 is 0 Å². The van der Waals surface area contributed by atoms with Crippen molar-refractivity contribution in [3.8, 4) is 0 Å². The highest BCUT2D eigenvalue weighted by molar-refractivity contribution is 9.10. The summed E-state index contributed by atoms with van der Waals surface area (Å²) in [4.78, 5) is 18.8. The van der Waals surface area contributed by atoms with E-state index < -0.39 is 0 Å². The van der Waals surface area contributed by atoms with Crippen molar-refractivity contribution in [2.45, 2.75) is 32.4 Å². The van der Waals surface area contributed by atoms with Crippen LogP contribution >= 0.6 is 15.9 Å². The molecule has 1 atom stereocenters. The van der Waals surface area contributed by atoms with Crippen molar-refractivity contribution in [3.63, 3.8) is 0 Å². The first-order valence-corrected chi connectivity index (χ1v) is 9.16. The quantitative estimate of drug-likeness (QED) is 0.854. The molecule has 1 aromatic heterocycles. The number of carbonyl (C=O) groups excluding carboxylic acids is 1. The van der Waals surface area contributed by atoms with Gasteiger partial charge in [0.1, 0.15) is 0 Å². The molecule has 126 valence electrons. The van der Waals surface area contributed by atoms with Gasteiger partial charge < -0.3 is 5.32 Å². The highest BCUT2D eigenvalue weighted by Crippen LogP contribution is 2.21. The highest BCUT2D eigenvalue weighted by atomic mass is 79.9. The van der Waals surface area contributed by atoms with Crippen LogP contribution in [0.25, 0.3) is 0 Å². The van der Waals surface area contributed by atoms with Crippen molar-refractivity contribution in [2.75, 3.05) is 13.1 Å². The van der Waals surface area contributed by atoms with Crippen LogP contribution in [0, 0.1) is 0 Å². The van der Waals surface area contributed by atoms with Gasteiger partial charge in [-0.3, -0.25) is 14.7 Å². The number of amides is 1. The van der Waals surface area contributed by atoms with E-state index in [2.05, 4.69) is 62.3 Å². The summed E-state index contributed by atoms with van der Waals surface area (Å²) in [6.07, 6.45) is 5.37. The predicted octanol–water partition coefficient (Wildman–Crippen LogP) is 3.41. The van der Waals surface area contributed by atoms with E-state index >= 15 is 0 Å². The molecule has 4 nitrogen and oxygen atoms in total. The molecule has 2 heterocycles. The van der Waals surface area contributed by atoms with Gasteiger partial charge in [-0.1, -0.05) is 31.2 Å². The summed E-state index contributed by atoms with van der Waals surface area (Å²) in [6, 6.07) is 10.8. The molecule has 0 aliphatic carbocycles. The summed E-state index contributed by atoms with van der Waals surface area (Å²) in [5.74, 6) is -0.0698. The molecule has 2 aromatic rings. The Morgan fingerprint density at radius 2 is 2.12 bits per heavy atom. The van der Waals surface area contributed by atoms with Crippen molar-refractivity contribution < 1.29 is 4.79 Å². The molecule has 0 saturated heterocycles. The number of pyridine rings is 1. The lowest BCUT2D eigenvalue weighted by Crippen LogP contribution is -2.45. The van der Waals surface area contributed by atoms with E-state index in [1.54, 1.807) is 18.5 Å². The van der Waals surface area contributed by atoms with Gasteiger partial charge in [0.2, 0.25) is 0 Å². The molecule has 0 saturated carbocycles. The standard InChI is InChI=1S/C19H22BrN3O/c1-2-18(12-22-19(24)16-9-17(20)11-21-10-16)23-8-7-14-5-3-4-6-15(14)13-23/h3-6,9-11,18H,2,7-8,12-13H2,1H3,(H,22,24)/t18-/m0/s1. The molecule has 0 unspecified atom stereocenters. The smallest absolute Gasteiger partial charge is 0.252 e. The number of hydrogen-bond acceptors (Lipinski definition) is 3. The van der Waals surface area contributed by atoms with E-state index in [0.29, 0.717) is 18.2 Å². The Kier molecular flexibility index (Phi) is 5.63. The summed E-state index contributed by atoms with van der Waals surface area (Å²) in [5, 5.41) is 3.06. The summed E-state index contributed by atoms with van der Waals surface area (Å²) in [7, 11) is 0. The van der Waals surface area contributed by atoms with Gasteiger partial charge in [-0.2, -0.15) is 0 Å². The number of nitrogens with one attached hydrogen (secondary N) is 1. The van der Waals surface area contributed by atoms with Crippen LogP contribution in [0.2, 0.25) is 0 Å². The van der Waals surface area contributed by atoms with Crippen molar-refractivity contribution >= 4 is 21.8 Å². The predicted molar refractivity (Wildman–Crippen MR) is 98.9 cm³/mol. The van der Waals surface area contributed by atoms with Gasteiger partial charge in [-0.05, 0) is 46.0 Å². The van der Waals surface area contributed by atoms with E-state index in [1.165, 1.54) is 11.1 Å². The number of aromatic nitrogens is 1. The molecule has 1 aromatic carbocycles. The van der Waals surface area contributed by atoms with Gasteiger partial charge in [0.05, 0.1) is 5.56 Å². The number of benzene rings is 1. The first kappa shape index (κ1) is 17.1. The molecule has 24 heavy (non-hydrogen) atoms. The van der Waals surface area contributed by atoms with Gasteiger partial charge in [0.15, 0.2) is 0 Å². The molecule has 1 aliphatic heterocycles. The Hall–Kier alpha value is -1.72. The Labute approximate surface area is 151 Å². The lowest BCUT2D eigenvalue weighted by atomic mass is 9.98. The highest BCUT2D eigenvalue weighted by Gasteiger charge is 2.22. The Bertz CT molecular complexity index is 719. The van der Waals surface area contributed by atoms with Crippen LogP contribution in [0.15, 0.2) is 47.2 Å². The molecular weight excluding hydrogens is 366 g/mol. The largest absolute Gasteiger partial charge is 0.350 e. The normalized spacial score (nSPS) is 15.6. The maximum absolute atomic E-state index is 12.3. The van der Waals surface area contributed by atoms with Gasteiger partial charge in [0.25, 0.3) is 5.91 Å². The Balaban J connectivity index is 1.60. The minimum Gasteiger partial charge on any atom is -0.350 e. The molecule has 1 N–H and O–H groups in total. The van der Waals surface area contributed by atoms with E-state index in [4.69, 9.17) is 0 Å². The second-order valence-corrected chi connectivity index (χ2v) is 7.07. The average molecular weight is 388 g/mol. The summed E-state index contributed by atoms with van der Waals surface area (Å²) in [6.45, 7) is 4.84. The van der Waals surface area contributed by atoms with Crippen LogP contribution in [0.3, 0.4) is 0 Å². The molecule has 1 amide bonds. The Morgan fingerprint density at radius 3 is 2.88 bits per heavy atom. The van der Waals surface area contributed by atoms with Crippen LogP contribution < -0.4 is 5.32 Å². The van der Waals surface area contributed by atoms with Crippen LogP contribution in [0.1, 0.15) is 34.8 Å². The van der Waals surface area contributed by atoms with Crippen molar-refractivity contribution in [1.29, 1.82) is 0 Å². The first-order valence-electron chi connectivity index (χ1n) is 8.37. The third-order valence-corrected chi connectivity index (χ3v) is 5.05. The average Bonchev–Trinajstić information content (AvgIpc) is 2.62. The van der Waals surface area contributed by atoms with Crippen molar-refractivity contribution in [1.82, 2.24) is 15.2 Å². The van der Waals surface area contributed by atoms with Crippen molar-refractivity contribution in [2.24, 2.45) is 0 Å². The second-order valence-electron chi connectivity index (χ2n) is 6.15. The van der Waals surface area contributed by atoms with Gasteiger partial charge in [-0.25, -0.2) is 0 Å². The number of rotatable bonds is 5. The summed E-state index contributed by atoms with van der Waals surface area (Å²) in [5.41, 5.74) is 3.45. The maximum Gasteiger partial charge on any atom is 0.252 e. The topological polar surface area (TPSA) is 45.2 Å². The zero-order valence-corrected chi connectivity index (χ0v) is 15.4.